The van der Waals surface area contributed by atoms with E-state index in [4.69, 9.17) is 26.2 Å². The van der Waals surface area contributed by atoms with Crippen molar-refractivity contribution in [2.24, 2.45) is 5.41 Å². The van der Waals surface area contributed by atoms with Gasteiger partial charge in [-0.05, 0) is 11.8 Å². The van der Waals surface area contributed by atoms with Crippen molar-refractivity contribution in [1.29, 1.82) is 0 Å². The monoisotopic (exact) mass is 343 g/mol. The first kappa shape index (κ1) is 19.1. The molecule has 7 heteroatoms. The topological polar surface area (TPSA) is 84.9 Å². The third-order valence-corrected chi connectivity index (χ3v) is 4.06. The van der Waals surface area contributed by atoms with Crippen molar-refractivity contribution >= 4 is 29.2 Å². The Hall–Kier alpha value is -1.95. The molecule has 0 spiro atoms. The minimum Gasteiger partial charge on any atom is -0.495 e. The third kappa shape index (κ3) is 5.32. The van der Waals surface area contributed by atoms with E-state index in [0.717, 1.165) is 0 Å². The smallest absolute Gasteiger partial charge is 0.303 e. The number of carboxylic acids is 1. The van der Waals surface area contributed by atoms with Crippen molar-refractivity contribution in [3.63, 3.8) is 0 Å². The minimum atomic E-state index is -0.923. The van der Waals surface area contributed by atoms with Gasteiger partial charge in [0, 0.05) is 18.6 Å². The first-order valence-corrected chi connectivity index (χ1v) is 7.55. The van der Waals surface area contributed by atoms with Crippen molar-refractivity contribution in [1.82, 2.24) is 0 Å². The Balaban J connectivity index is 2.94. The zero-order chi connectivity index (χ0) is 17.6. The molecule has 0 bridgehead atoms. The number of anilines is 1. The second-order valence-electron chi connectivity index (χ2n) is 5.65. The Labute approximate surface area is 140 Å². The number of ether oxygens (including phenoxy) is 2. The quantitative estimate of drug-likeness (QED) is 0.753. The van der Waals surface area contributed by atoms with E-state index in [2.05, 4.69) is 5.32 Å². The van der Waals surface area contributed by atoms with Gasteiger partial charge in [-0.2, -0.15) is 0 Å². The summed E-state index contributed by atoms with van der Waals surface area (Å²) in [5.74, 6) is -0.404. The standard InChI is InChI=1S/C16H22ClNO5/c1-5-16(2,9-15(20)21)8-14(19)18-11-7-12(22-3)10(17)6-13(11)23-4/h6-7H,5,8-9H2,1-4H3,(H,18,19)(H,20,21). The van der Waals surface area contributed by atoms with Gasteiger partial charge in [-0.25, -0.2) is 0 Å². The molecule has 0 aromatic heterocycles. The van der Waals surface area contributed by atoms with Crippen LogP contribution >= 0.6 is 11.6 Å². The Morgan fingerprint density at radius 2 is 1.83 bits per heavy atom. The van der Waals surface area contributed by atoms with Crippen LogP contribution in [0.2, 0.25) is 5.02 Å². The average Bonchev–Trinajstić information content (AvgIpc) is 2.47. The van der Waals surface area contributed by atoms with Crippen molar-refractivity contribution in [2.75, 3.05) is 19.5 Å². The van der Waals surface area contributed by atoms with E-state index in [1.54, 1.807) is 19.1 Å². The van der Waals surface area contributed by atoms with Gasteiger partial charge >= 0.3 is 5.97 Å². The fraction of sp³-hybridized carbons (Fsp3) is 0.500. The normalized spacial score (nSPS) is 13.1. The highest BCUT2D eigenvalue weighted by molar-refractivity contribution is 6.32. The van der Waals surface area contributed by atoms with Crippen LogP contribution in [0.4, 0.5) is 5.69 Å². The summed E-state index contributed by atoms with van der Waals surface area (Å²) < 4.78 is 10.3. The minimum absolute atomic E-state index is 0.0714. The van der Waals surface area contributed by atoms with Crippen LogP contribution in [0.15, 0.2) is 12.1 Å². The molecule has 1 atom stereocenters. The second kappa shape index (κ2) is 8.06. The number of rotatable bonds is 8. The molecule has 0 heterocycles. The predicted molar refractivity (Wildman–Crippen MR) is 88.5 cm³/mol. The summed E-state index contributed by atoms with van der Waals surface area (Å²) in [6.07, 6.45) is 0.593. The van der Waals surface area contributed by atoms with Gasteiger partial charge in [-0.1, -0.05) is 25.4 Å². The van der Waals surface area contributed by atoms with Crippen molar-refractivity contribution < 1.29 is 24.2 Å². The van der Waals surface area contributed by atoms with Gasteiger partial charge < -0.3 is 19.9 Å². The summed E-state index contributed by atoms with van der Waals surface area (Å²) in [7, 11) is 2.94. The molecule has 1 aromatic carbocycles. The molecule has 6 nitrogen and oxygen atoms in total. The van der Waals surface area contributed by atoms with Crippen LogP contribution in [0, 0.1) is 5.41 Å². The molecule has 2 N–H and O–H groups in total. The van der Waals surface area contributed by atoms with Gasteiger partial charge in [0.1, 0.15) is 11.5 Å². The molecular weight excluding hydrogens is 322 g/mol. The third-order valence-electron chi connectivity index (χ3n) is 3.77. The summed E-state index contributed by atoms with van der Waals surface area (Å²) in [6.45, 7) is 3.64. The maximum Gasteiger partial charge on any atom is 0.303 e. The maximum absolute atomic E-state index is 12.3. The van der Waals surface area contributed by atoms with Crippen LogP contribution in [0.5, 0.6) is 11.5 Å². The second-order valence-corrected chi connectivity index (χ2v) is 6.05. The molecule has 23 heavy (non-hydrogen) atoms. The van der Waals surface area contributed by atoms with E-state index in [1.165, 1.54) is 14.2 Å². The SMILES string of the molecule is CCC(C)(CC(=O)O)CC(=O)Nc1cc(OC)c(Cl)cc1OC. The van der Waals surface area contributed by atoms with Crippen LogP contribution in [-0.4, -0.2) is 31.2 Å². The number of methoxy groups -OCH3 is 2. The fourth-order valence-corrected chi connectivity index (χ4v) is 2.45. The van der Waals surface area contributed by atoms with Crippen molar-refractivity contribution in [2.45, 2.75) is 33.1 Å². The Morgan fingerprint density at radius 3 is 2.30 bits per heavy atom. The number of aliphatic carboxylic acids is 1. The number of benzene rings is 1. The molecule has 1 aromatic rings. The van der Waals surface area contributed by atoms with Crippen LogP contribution in [0.3, 0.4) is 0 Å². The molecule has 1 rings (SSSR count). The molecule has 0 aliphatic carbocycles. The largest absolute Gasteiger partial charge is 0.495 e. The molecule has 0 fully saturated rings. The summed E-state index contributed by atoms with van der Waals surface area (Å²) >= 11 is 6.02. The zero-order valence-electron chi connectivity index (χ0n) is 13.7. The highest BCUT2D eigenvalue weighted by atomic mass is 35.5. The van der Waals surface area contributed by atoms with E-state index in [9.17, 15) is 9.59 Å². The Morgan fingerprint density at radius 1 is 1.22 bits per heavy atom. The van der Waals surface area contributed by atoms with Gasteiger partial charge in [0.25, 0.3) is 0 Å². The van der Waals surface area contributed by atoms with Crippen LogP contribution in [0.25, 0.3) is 0 Å². The van der Waals surface area contributed by atoms with E-state index in [1.807, 2.05) is 6.92 Å². The van der Waals surface area contributed by atoms with Gasteiger partial charge in [-0.15, -0.1) is 0 Å². The summed E-state index contributed by atoms with van der Waals surface area (Å²) in [5, 5.41) is 12.1. The average molecular weight is 344 g/mol. The summed E-state index contributed by atoms with van der Waals surface area (Å²) in [4.78, 5) is 23.2. The Bertz CT molecular complexity index is 590. The van der Waals surface area contributed by atoms with E-state index < -0.39 is 11.4 Å². The molecule has 1 unspecified atom stereocenters. The lowest BCUT2D eigenvalue weighted by atomic mass is 9.80. The van der Waals surface area contributed by atoms with Crippen molar-refractivity contribution in [3.8, 4) is 11.5 Å². The molecule has 0 aliphatic heterocycles. The fourth-order valence-electron chi connectivity index (χ4n) is 2.22. The predicted octanol–water partition coefficient (Wildman–Crippen LogP) is 3.58. The highest BCUT2D eigenvalue weighted by Crippen LogP contribution is 2.37. The lowest BCUT2D eigenvalue weighted by Gasteiger charge is -2.25. The first-order valence-electron chi connectivity index (χ1n) is 7.18. The summed E-state index contributed by atoms with van der Waals surface area (Å²) in [5.41, 5.74) is -0.188. The Kier molecular flexibility index (Phi) is 6.69. The number of amides is 1. The van der Waals surface area contributed by atoms with E-state index >= 15 is 0 Å². The van der Waals surface area contributed by atoms with Gasteiger partial charge in [0.15, 0.2) is 0 Å². The molecule has 0 radical (unpaired) electrons. The molecule has 0 aliphatic rings. The van der Waals surface area contributed by atoms with Crippen LogP contribution in [-0.2, 0) is 9.59 Å². The van der Waals surface area contributed by atoms with E-state index in [-0.39, 0.29) is 18.7 Å². The molecule has 1 amide bonds. The number of carboxylic acid groups (broad SMARTS) is 1. The number of halogens is 1. The summed E-state index contributed by atoms with van der Waals surface area (Å²) in [6, 6.07) is 3.12. The molecular formula is C16H22ClNO5. The zero-order valence-corrected chi connectivity index (χ0v) is 14.5. The van der Waals surface area contributed by atoms with E-state index in [0.29, 0.717) is 28.6 Å². The number of carbonyl (C=O) groups excluding carboxylic acids is 1. The highest BCUT2D eigenvalue weighted by Gasteiger charge is 2.29. The lowest BCUT2D eigenvalue weighted by molar-refractivity contribution is -0.140. The maximum atomic E-state index is 12.3. The number of nitrogens with one attached hydrogen (secondary N) is 1. The first-order chi connectivity index (χ1) is 10.7. The molecule has 0 saturated heterocycles. The van der Waals surface area contributed by atoms with Crippen molar-refractivity contribution in [3.05, 3.63) is 17.2 Å². The van der Waals surface area contributed by atoms with Gasteiger partial charge in [0.2, 0.25) is 5.91 Å². The van der Waals surface area contributed by atoms with Gasteiger partial charge in [0.05, 0.1) is 31.4 Å². The van der Waals surface area contributed by atoms with Crippen LogP contribution < -0.4 is 14.8 Å². The number of hydrogen-bond acceptors (Lipinski definition) is 4. The molecule has 128 valence electrons. The number of hydrogen-bond donors (Lipinski definition) is 2. The van der Waals surface area contributed by atoms with Gasteiger partial charge in [-0.3, -0.25) is 9.59 Å². The lowest BCUT2D eigenvalue weighted by Crippen LogP contribution is -2.27. The van der Waals surface area contributed by atoms with Crippen LogP contribution in [0.1, 0.15) is 33.1 Å². The molecule has 0 saturated carbocycles. The number of carbonyl (C=O) groups is 2.